The quantitative estimate of drug-likeness (QED) is 0.893. The minimum absolute atomic E-state index is 0.0776. The van der Waals surface area contributed by atoms with Crippen molar-refractivity contribution < 1.29 is 14.7 Å². The summed E-state index contributed by atoms with van der Waals surface area (Å²) in [5.41, 5.74) is 0.458. The van der Waals surface area contributed by atoms with Crippen molar-refractivity contribution in [1.82, 2.24) is 24.6 Å². The van der Waals surface area contributed by atoms with Crippen LogP contribution in [0.3, 0.4) is 0 Å². The molecule has 0 bridgehead atoms. The molecular weight excluding hydrogens is 310 g/mol. The Morgan fingerprint density at radius 1 is 1.21 bits per heavy atom. The van der Waals surface area contributed by atoms with Gasteiger partial charge >= 0.3 is 5.97 Å². The lowest BCUT2D eigenvalue weighted by Gasteiger charge is -2.16. The summed E-state index contributed by atoms with van der Waals surface area (Å²) in [6.07, 6.45) is 6.59. The summed E-state index contributed by atoms with van der Waals surface area (Å²) in [6, 6.07) is 3.39. The zero-order valence-electron chi connectivity index (χ0n) is 12.9. The Balaban J connectivity index is 1.50. The molecule has 0 unspecified atom stereocenters. The van der Waals surface area contributed by atoms with Crippen LogP contribution < -0.4 is 0 Å². The molecule has 4 rings (SSSR count). The number of carbonyl (C=O) groups is 2. The van der Waals surface area contributed by atoms with Crippen molar-refractivity contribution in [2.75, 3.05) is 13.1 Å². The van der Waals surface area contributed by atoms with Gasteiger partial charge in [-0.25, -0.2) is 14.6 Å². The first-order chi connectivity index (χ1) is 11.6. The van der Waals surface area contributed by atoms with Crippen LogP contribution in [0.5, 0.6) is 0 Å². The van der Waals surface area contributed by atoms with Gasteiger partial charge < -0.3 is 10.0 Å². The average Bonchev–Trinajstić information content (AvgIpc) is 3.13. The highest BCUT2D eigenvalue weighted by Crippen LogP contribution is 2.44. The third kappa shape index (κ3) is 2.64. The Kier molecular flexibility index (Phi) is 3.51. The molecule has 1 N–H and O–H groups in total. The number of nitrogens with zero attached hydrogens (tertiary/aromatic N) is 5. The first kappa shape index (κ1) is 14.8. The molecule has 24 heavy (non-hydrogen) atoms. The Labute approximate surface area is 138 Å². The SMILES string of the molecule is O=C(O)[C@H]1CN(C(=O)c2ccc(-n3cncn3)nc2)C[C@@H]1C1CC1. The molecule has 2 aromatic heterocycles. The van der Waals surface area contributed by atoms with E-state index in [1.54, 1.807) is 17.0 Å². The van der Waals surface area contributed by atoms with Gasteiger partial charge in [0.25, 0.3) is 5.91 Å². The van der Waals surface area contributed by atoms with Gasteiger partial charge in [-0.05, 0) is 36.8 Å². The fourth-order valence-electron chi connectivity index (χ4n) is 3.42. The third-order valence-electron chi connectivity index (χ3n) is 4.85. The summed E-state index contributed by atoms with van der Waals surface area (Å²) in [7, 11) is 0. The van der Waals surface area contributed by atoms with E-state index in [1.165, 1.54) is 23.5 Å². The minimum Gasteiger partial charge on any atom is -0.481 e. The van der Waals surface area contributed by atoms with Gasteiger partial charge in [0.2, 0.25) is 0 Å². The number of hydrogen-bond donors (Lipinski definition) is 1. The van der Waals surface area contributed by atoms with Crippen molar-refractivity contribution in [3.63, 3.8) is 0 Å². The summed E-state index contributed by atoms with van der Waals surface area (Å²) < 4.78 is 1.51. The number of pyridine rings is 1. The zero-order valence-corrected chi connectivity index (χ0v) is 12.9. The Morgan fingerprint density at radius 2 is 2.04 bits per heavy atom. The Hall–Kier alpha value is -2.77. The van der Waals surface area contributed by atoms with E-state index in [0.717, 1.165) is 12.8 Å². The van der Waals surface area contributed by atoms with Gasteiger partial charge in [-0.3, -0.25) is 9.59 Å². The predicted octanol–water partition coefficient (Wildman–Crippen LogP) is 0.845. The van der Waals surface area contributed by atoms with Gasteiger partial charge in [-0.15, -0.1) is 0 Å². The maximum atomic E-state index is 12.7. The van der Waals surface area contributed by atoms with E-state index < -0.39 is 11.9 Å². The van der Waals surface area contributed by atoms with E-state index in [4.69, 9.17) is 0 Å². The van der Waals surface area contributed by atoms with Gasteiger partial charge in [-0.2, -0.15) is 5.10 Å². The van der Waals surface area contributed by atoms with Crippen LogP contribution in [0.25, 0.3) is 5.82 Å². The molecule has 0 aromatic carbocycles. The van der Waals surface area contributed by atoms with Gasteiger partial charge in [0.1, 0.15) is 12.7 Å². The molecule has 1 aliphatic carbocycles. The second-order valence-electron chi connectivity index (χ2n) is 6.40. The minimum atomic E-state index is -0.804. The molecule has 0 spiro atoms. The molecule has 1 saturated heterocycles. The molecule has 8 nitrogen and oxygen atoms in total. The summed E-state index contributed by atoms with van der Waals surface area (Å²) in [5.74, 6) is -0.317. The van der Waals surface area contributed by atoms with E-state index in [1.807, 2.05) is 0 Å². The summed E-state index contributed by atoms with van der Waals surface area (Å²) in [5, 5.41) is 13.4. The molecule has 2 aliphatic rings. The van der Waals surface area contributed by atoms with E-state index in [9.17, 15) is 14.7 Å². The number of amides is 1. The van der Waals surface area contributed by atoms with Crippen LogP contribution in [-0.4, -0.2) is 54.7 Å². The summed E-state index contributed by atoms with van der Waals surface area (Å²) in [4.78, 5) is 33.9. The maximum absolute atomic E-state index is 12.7. The van der Waals surface area contributed by atoms with E-state index >= 15 is 0 Å². The second kappa shape index (κ2) is 5.70. The van der Waals surface area contributed by atoms with Crippen molar-refractivity contribution in [1.29, 1.82) is 0 Å². The largest absolute Gasteiger partial charge is 0.481 e. The topological polar surface area (TPSA) is 101 Å². The molecular formula is C16H17N5O3. The van der Waals surface area contributed by atoms with Crippen molar-refractivity contribution in [3.8, 4) is 5.82 Å². The highest BCUT2D eigenvalue weighted by Gasteiger charge is 2.46. The Morgan fingerprint density at radius 3 is 2.62 bits per heavy atom. The lowest BCUT2D eigenvalue weighted by Crippen LogP contribution is -2.30. The lowest BCUT2D eigenvalue weighted by atomic mass is 9.92. The smallest absolute Gasteiger partial charge is 0.308 e. The summed E-state index contributed by atoms with van der Waals surface area (Å²) >= 11 is 0. The van der Waals surface area contributed by atoms with Crippen molar-refractivity contribution in [3.05, 3.63) is 36.5 Å². The molecule has 3 heterocycles. The molecule has 2 fully saturated rings. The number of rotatable bonds is 4. The first-order valence-corrected chi connectivity index (χ1v) is 7.96. The number of aliphatic carboxylic acids is 1. The standard InChI is InChI=1S/C16H17N5O3/c22-15(11-3-4-14(18-5-11)21-9-17-8-19-21)20-6-12(10-1-2-10)13(7-20)16(23)24/h3-5,8-10,12-13H,1-2,6-7H2,(H,23,24)/t12-,13+/m1/s1. The first-order valence-electron chi connectivity index (χ1n) is 7.96. The van der Waals surface area contributed by atoms with Gasteiger partial charge in [0.05, 0.1) is 11.5 Å². The number of aromatic nitrogens is 4. The van der Waals surface area contributed by atoms with Crippen LogP contribution in [0.15, 0.2) is 31.0 Å². The van der Waals surface area contributed by atoms with Gasteiger partial charge in [0.15, 0.2) is 5.82 Å². The lowest BCUT2D eigenvalue weighted by molar-refractivity contribution is -0.142. The predicted molar refractivity (Wildman–Crippen MR) is 82.4 cm³/mol. The molecule has 0 radical (unpaired) electrons. The highest BCUT2D eigenvalue weighted by molar-refractivity contribution is 5.94. The van der Waals surface area contributed by atoms with Crippen LogP contribution in [0.2, 0.25) is 0 Å². The molecule has 1 aliphatic heterocycles. The third-order valence-corrected chi connectivity index (χ3v) is 4.85. The fraction of sp³-hybridized carbons (Fsp3) is 0.438. The maximum Gasteiger partial charge on any atom is 0.308 e. The van der Waals surface area contributed by atoms with E-state index in [0.29, 0.717) is 23.8 Å². The van der Waals surface area contributed by atoms with E-state index in [2.05, 4.69) is 15.1 Å². The Bertz CT molecular complexity index is 755. The van der Waals surface area contributed by atoms with Crippen LogP contribution in [0.1, 0.15) is 23.2 Å². The van der Waals surface area contributed by atoms with Crippen molar-refractivity contribution in [2.24, 2.45) is 17.8 Å². The van der Waals surface area contributed by atoms with Crippen LogP contribution >= 0.6 is 0 Å². The molecule has 1 amide bonds. The number of carboxylic acid groups (broad SMARTS) is 1. The molecule has 1 saturated carbocycles. The monoisotopic (exact) mass is 327 g/mol. The van der Waals surface area contributed by atoms with Crippen molar-refractivity contribution in [2.45, 2.75) is 12.8 Å². The van der Waals surface area contributed by atoms with Gasteiger partial charge in [0, 0.05) is 19.3 Å². The number of likely N-dealkylation sites (tertiary alicyclic amines) is 1. The second-order valence-corrected chi connectivity index (χ2v) is 6.40. The average molecular weight is 327 g/mol. The molecule has 124 valence electrons. The molecule has 2 atom stereocenters. The van der Waals surface area contributed by atoms with Crippen LogP contribution in [0.4, 0.5) is 0 Å². The zero-order chi connectivity index (χ0) is 16.7. The van der Waals surface area contributed by atoms with Gasteiger partial charge in [-0.1, -0.05) is 0 Å². The fourth-order valence-corrected chi connectivity index (χ4v) is 3.42. The number of hydrogen-bond acceptors (Lipinski definition) is 5. The summed E-state index contributed by atoms with van der Waals surface area (Å²) in [6.45, 7) is 0.797. The van der Waals surface area contributed by atoms with E-state index in [-0.39, 0.29) is 18.4 Å². The number of carbonyl (C=O) groups excluding carboxylic acids is 1. The highest BCUT2D eigenvalue weighted by atomic mass is 16.4. The van der Waals surface area contributed by atoms with Crippen LogP contribution in [-0.2, 0) is 4.79 Å². The normalized spacial score (nSPS) is 23.4. The van der Waals surface area contributed by atoms with Crippen molar-refractivity contribution >= 4 is 11.9 Å². The number of carboxylic acids is 1. The van der Waals surface area contributed by atoms with Crippen LogP contribution in [0, 0.1) is 17.8 Å². The molecule has 2 aromatic rings. The molecule has 8 heteroatoms.